The summed E-state index contributed by atoms with van der Waals surface area (Å²) in [4.78, 5) is 24.4. The molecule has 6 nitrogen and oxygen atoms in total. The van der Waals surface area contributed by atoms with Gasteiger partial charge in [-0.15, -0.1) is 12.4 Å². The van der Waals surface area contributed by atoms with Crippen LogP contribution in [0.3, 0.4) is 0 Å². The summed E-state index contributed by atoms with van der Waals surface area (Å²) < 4.78 is 10.3. The maximum atomic E-state index is 11.3. The highest BCUT2D eigenvalue weighted by atomic mass is 35.5. The second-order valence-electron chi connectivity index (χ2n) is 6.31. The molecule has 1 fully saturated rings. The van der Waals surface area contributed by atoms with Crippen LogP contribution in [-0.4, -0.2) is 49.6 Å². The minimum atomic E-state index is -0.456. The number of piperidine rings is 1. The van der Waals surface area contributed by atoms with Crippen molar-refractivity contribution < 1.29 is 19.1 Å². The lowest BCUT2D eigenvalue weighted by molar-refractivity contribution is -0.146. The van der Waals surface area contributed by atoms with Crippen LogP contribution in [0.1, 0.15) is 38.2 Å². The zero-order valence-corrected chi connectivity index (χ0v) is 16.2. The van der Waals surface area contributed by atoms with Crippen molar-refractivity contribution in [2.45, 2.75) is 39.2 Å². The molecular weight excluding hydrogens is 356 g/mol. The van der Waals surface area contributed by atoms with Gasteiger partial charge in [-0.25, -0.2) is 0 Å². The first-order valence-electron chi connectivity index (χ1n) is 8.97. The lowest BCUT2D eigenvalue weighted by Gasteiger charge is -2.26. The van der Waals surface area contributed by atoms with Gasteiger partial charge < -0.3 is 14.8 Å². The number of carbonyl (C=O) groups excluding carboxylic acids is 2. The number of hydrogen-bond donors (Lipinski definition) is 1. The first-order valence-corrected chi connectivity index (χ1v) is 8.97. The van der Waals surface area contributed by atoms with Gasteiger partial charge in [0.25, 0.3) is 5.91 Å². The molecule has 1 N–H and O–H groups in total. The Morgan fingerprint density at radius 3 is 2.46 bits per heavy atom. The number of nitrogens with one attached hydrogen (secondary N) is 1. The van der Waals surface area contributed by atoms with Crippen molar-refractivity contribution in [2.24, 2.45) is 0 Å². The van der Waals surface area contributed by atoms with Gasteiger partial charge in [0.15, 0.2) is 6.61 Å². The molecule has 1 saturated heterocycles. The zero-order valence-electron chi connectivity index (χ0n) is 15.4. The number of likely N-dealkylation sites (tertiary alicyclic amines) is 1. The minimum Gasteiger partial charge on any atom is -0.494 e. The summed E-state index contributed by atoms with van der Waals surface area (Å²) in [6.45, 7) is 5.47. The van der Waals surface area contributed by atoms with E-state index in [1.807, 2.05) is 12.1 Å². The van der Waals surface area contributed by atoms with Crippen molar-refractivity contribution in [1.82, 2.24) is 10.2 Å². The summed E-state index contributed by atoms with van der Waals surface area (Å²) in [5, 5.41) is 2.68. The van der Waals surface area contributed by atoms with Crippen LogP contribution < -0.4 is 10.1 Å². The third-order valence-electron chi connectivity index (χ3n) is 4.10. The number of ether oxygens (including phenoxy) is 2. The maximum absolute atomic E-state index is 11.3. The number of carbonyl (C=O) groups is 2. The van der Waals surface area contributed by atoms with Gasteiger partial charge in [-0.3, -0.25) is 14.5 Å². The molecule has 1 aromatic rings. The Bertz CT molecular complexity index is 545. The van der Waals surface area contributed by atoms with Crippen molar-refractivity contribution in [3.8, 4) is 5.75 Å². The fourth-order valence-corrected chi connectivity index (χ4v) is 2.78. The van der Waals surface area contributed by atoms with Gasteiger partial charge in [-0.1, -0.05) is 18.6 Å². The van der Waals surface area contributed by atoms with E-state index in [9.17, 15) is 9.59 Å². The summed E-state index contributed by atoms with van der Waals surface area (Å²) in [6, 6.07) is 8.23. The summed E-state index contributed by atoms with van der Waals surface area (Å²) >= 11 is 0. The zero-order chi connectivity index (χ0) is 17.9. The topological polar surface area (TPSA) is 67.9 Å². The van der Waals surface area contributed by atoms with E-state index in [1.54, 1.807) is 0 Å². The maximum Gasteiger partial charge on any atom is 0.303 e. The van der Waals surface area contributed by atoms with Crippen LogP contribution >= 0.6 is 12.4 Å². The molecule has 1 aromatic carbocycles. The number of rotatable bonds is 9. The van der Waals surface area contributed by atoms with Crippen molar-refractivity contribution in [3.63, 3.8) is 0 Å². The molecule has 1 heterocycles. The van der Waals surface area contributed by atoms with Crippen LogP contribution in [0.2, 0.25) is 0 Å². The van der Waals surface area contributed by atoms with Gasteiger partial charge in [-0.05, 0) is 50.0 Å². The molecule has 0 aromatic heterocycles. The van der Waals surface area contributed by atoms with E-state index in [2.05, 4.69) is 27.1 Å². The van der Waals surface area contributed by atoms with Crippen LogP contribution in [0.4, 0.5) is 0 Å². The molecule has 1 amide bonds. The fraction of sp³-hybridized carbons (Fsp3) is 0.579. The first-order chi connectivity index (χ1) is 12.1. The Morgan fingerprint density at radius 2 is 1.81 bits per heavy atom. The van der Waals surface area contributed by atoms with Gasteiger partial charge in [-0.2, -0.15) is 0 Å². The highest BCUT2D eigenvalue weighted by Gasteiger charge is 2.10. The fourth-order valence-electron chi connectivity index (χ4n) is 2.78. The van der Waals surface area contributed by atoms with Crippen molar-refractivity contribution >= 4 is 24.3 Å². The van der Waals surface area contributed by atoms with E-state index in [0.29, 0.717) is 19.6 Å². The van der Waals surface area contributed by atoms with E-state index in [1.165, 1.54) is 44.8 Å². The molecule has 0 unspecified atom stereocenters. The smallest absolute Gasteiger partial charge is 0.303 e. The minimum absolute atomic E-state index is 0. The molecule has 0 radical (unpaired) electrons. The lowest BCUT2D eigenvalue weighted by atomic mass is 10.1. The Morgan fingerprint density at radius 1 is 1.12 bits per heavy atom. The van der Waals surface area contributed by atoms with Gasteiger partial charge in [0, 0.05) is 20.0 Å². The molecule has 146 valence electrons. The number of esters is 1. The molecule has 2 rings (SSSR count). The van der Waals surface area contributed by atoms with Crippen LogP contribution in [0.15, 0.2) is 24.3 Å². The molecule has 26 heavy (non-hydrogen) atoms. The standard InChI is InChI=1S/C19H28N2O4.ClH/c1-16(22)25-15-19(23)20-10-5-13-24-18-8-6-17(7-9-18)14-21-11-3-2-4-12-21;/h6-9H,2-5,10-15H2,1H3,(H,20,23);1H. The Balaban J connectivity index is 0.00000338. The molecule has 0 spiro atoms. The molecule has 0 aliphatic carbocycles. The van der Waals surface area contributed by atoms with E-state index in [-0.39, 0.29) is 24.9 Å². The van der Waals surface area contributed by atoms with Gasteiger partial charge in [0.05, 0.1) is 6.61 Å². The highest BCUT2D eigenvalue weighted by Crippen LogP contribution is 2.16. The van der Waals surface area contributed by atoms with Crippen LogP contribution in [0.5, 0.6) is 5.75 Å². The van der Waals surface area contributed by atoms with Gasteiger partial charge >= 0.3 is 5.97 Å². The van der Waals surface area contributed by atoms with E-state index in [0.717, 1.165) is 12.3 Å². The van der Waals surface area contributed by atoms with Crippen LogP contribution in [0, 0.1) is 0 Å². The molecule has 0 saturated carbocycles. The molecule has 1 aliphatic rings. The number of amides is 1. The molecule has 0 atom stereocenters. The molecular formula is C19H29ClN2O4. The number of halogens is 1. The van der Waals surface area contributed by atoms with Crippen molar-refractivity contribution in [2.75, 3.05) is 32.8 Å². The molecule has 0 bridgehead atoms. The third-order valence-corrected chi connectivity index (χ3v) is 4.10. The average Bonchev–Trinajstić information content (AvgIpc) is 2.62. The number of nitrogens with zero attached hydrogens (tertiary/aromatic N) is 1. The third kappa shape index (κ3) is 9.06. The number of hydrogen-bond acceptors (Lipinski definition) is 5. The predicted molar refractivity (Wildman–Crippen MR) is 103 cm³/mol. The monoisotopic (exact) mass is 384 g/mol. The normalized spacial score (nSPS) is 14.2. The van der Waals surface area contributed by atoms with Crippen LogP contribution in [-0.2, 0) is 20.9 Å². The van der Waals surface area contributed by atoms with Gasteiger partial charge in [0.1, 0.15) is 5.75 Å². The average molecular weight is 385 g/mol. The number of benzene rings is 1. The lowest BCUT2D eigenvalue weighted by Crippen LogP contribution is -2.29. The summed E-state index contributed by atoms with van der Waals surface area (Å²) in [7, 11) is 0. The van der Waals surface area contributed by atoms with E-state index < -0.39 is 5.97 Å². The molecule has 7 heteroatoms. The van der Waals surface area contributed by atoms with Crippen molar-refractivity contribution in [3.05, 3.63) is 29.8 Å². The second-order valence-corrected chi connectivity index (χ2v) is 6.31. The Hall–Kier alpha value is -1.79. The summed E-state index contributed by atoms with van der Waals surface area (Å²) in [5.74, 6) is 0.0908. The SMILES string of the molecule is CC(=O)OCC(=O)NCCCOc1ccc(CN2CCCCC2)cc1.Cl. The first kappa shape index (κ1) is 22.3. The Kier molecular flexibility index (Phi) is 10.7. The van der Waals surface area contributed by atoms with E-state index in [4.69, 9.17) is 4.74 Å². The summed E-state index contributed by atoms with van der Waals surface area (Å²) in [5.41, 5.74) is 1.31. The van der Waals surface area contributed by atoms with Crippen LogP contribution in [0.25, 0.3) is 0 Å². The largest absolute Gasteiger partial charge is 0.494 e. The highest BCUT2D eigenvalue weighted by molar-refractivity contribution is 5.85. The summed E-state index contributed by atoms with van der Waals surface area (Å²) in [6.07, 6.45) is 4.66. The molecule has 1 aliphatic heterocycles. The van der Waals surface area contributed by atoms with Gasteiger partial charge in [0.2, 0.25) is 0 Å². The van der Waals surface area contributed by atoms with Crippen molar-refractivity contribution in [1.29, 1.82) is 0 Å². The quantitative estimate of drug-likeness (QED) is 0.523. The van der Waals surface area contributed by atoms with E-state index >= 15 is 0 Å². The second kappa shape index (κ2) is 12.5. The predicted octanol–water partition coefficient (Wildman–Crippen LogP) is 2.54. The Labute approximate surface area is 161 Å².